The fraction of sp³-hybridized carbons (Fsp3) is 0.615. The molecule has 0 spiro atoms. The highest BCUT2D eigenvalue weighted by atomic mass is 16.4. The van der Waals surface area contributed by atoms with Crippen molar-refractivity contribution in [2.45, 2.75) is 51.2 Å². The van der Waals surface area contributed by atoms with Crippen molar-refractivity contribution in [1.82, 2.24) is 25.3 Å². The second kappa shape index (κ2) is 5.13. The lowest BCUT2D eigenvalue weighted by molar-refractivity contribution is 0.344. The summed E-state index contributed by atoms with van der Waals surface area (Å²) >= 11 is 0. The molecule has 0 saturated heterocycles. The Labute approximate surface area is 112 Å². The van der Waals surface area contributed by atoms with Crippen molar-refractivity contribution >= 4 is 0 Å². The molecule has 0 unspecified atom stereocenters. The van der Waals surface area contributed by atoms with E-state index in [-0.39, 0.29) is 12.1 Å². The van der Waals surface area contributed by atoms with Gasteiger partial charge in [0.2, 0.25) is 11.8 Å². The molecule has 0 bridgehead atoms. The van der Waals surface area contributed by atoms with Crippen molar-refractivity contribution in [2.24, 2.45) is 0 Å². The summed E-state index contributed by atoms with van der Waals surface area (Å²) in [6, 6.07) is 2.49. The fourth-order valence-corrected chi connectivity index (χ4v) is 2.00. The Hall–Kier alpha value is -1.69. The molecule has 6 heteroatoms. The highest BCUT2D eigenvalue weighted by Crippen LogP contribution is 2.38. The van der Waals surface area contributed by atoms with E-state index in [1.807, 2.05) is 16.9 Å². The van der Waals surface area contributed by atoms with Gasteiger partial charge in [-0.05, 0) is 32.8 Å². The zero-order valence-electron chi connectivity index (χ0n) is 11.3. The molecule has 2 atom stereocenters. The standard InChI is InChI=1S/C13H19N5O/c1-9(10(2)18-7-3-6-15-18)14-8-12-16-17-13(19-12)11-4-5-11/h3,6-7,9-11,14H,4-5,8H2,1-2H3/t9-,10-/m0/s1. The number of hydrogen-bond acceptors (Lipinski definition) is 5. The molecule has 0 amide bonds. The van der Waals surface area contributed by atoms with Crippen LogP contribution in [0.25, 0.3) is 0 Å². The quantitative estimate of drug-likeness (QED) is 0.860. The minimum Gasteiger partial charge on any atom is -0.424 e. The minimum atomic E-state index is 0.274. The van der Waals surface area contributed by atoms with Gasteiger partial charge in [0.15, 0.2) is 0 Å². The minimum absolute atomic E-state index is 0.274. The average molecular weight is 261 g/mol. The van der Waals surface area contributed by atoms with Gasteiger partial charge in [0, 0.05) is 24.4 Å². The summed E-state index contributed by atoms with van der Waals surface area (Å²) in [5.74, 6) is 1.98. The van der Waals surface area contributed by atoms with Crippen LogP contribution in [0.4, 0.5) is 0 Å². The van der Waals surface area contributed by atoms with Crippen LogP contribution in [0.15, 0.2) is 22.9 Å². The molecule has 1 aliphatic carbocycles. The second-order valence-corrected chi connectivity index (χ2v) is 5.20. The van der Waals surface area contributed by atoms with E-state index in [9.17, 15) is 0 Å². The summed E-state index contributed by atoms with van der Waals surface area (Å²) in [4.78, 5) is 0. The molecule has 0 aromatic carbocycles. The van der Waals surface area contributed by atoms with Crippen molar-refractivity contribution in [2.75, 3.05) is 0 Å². The lowest BCUT2D eigenvalue weighted by Crippen LogP contribution is -2.33. The van der Waals surface area contributed by atoms with E-state index < -0.39 is 0 Å². The van der Waals surface area contributed by atoms with Crippen LogP contribution in [0.3, 0.4) is 0 Å². The molecular formula is C13H19N5O. The third kappa shape index (κ3) is 2.84. The Kier molecular flexibility index (Phi) is 3.33. The van der Waals surface area contributed by atoms with Gasteiger partial charge in [0.05, 0.1) is 12.6 Å². The van der Waals surface area contributed by atoms with Gasteiger partial charge in [-0.1, -0.05) is 0 Å². The highest BCUT2D eigenvalue weighted by molar-refractivity contribution is 5.00. The van der Waals surface area contributed by atoms with Crippen molar-refractivity contribution in [3.63, 3.8) is 0 Å². The highest BCUT2D eigenvalue weighted by Gasteiger charge is 2.29. The Morgan fingerprint density at radius 2 is 2.26 bits per heavy atom. The van der Waals surface area contributed by atoms with Crippen molar-refractivity contribution in [3.05, 3.63) is 30.2 Å². The largest absolute Gasteiger partial charge is 0.424 e. The van der Waals surface area contributed by atoms with Gasteiger partial charge in [-0.15, -0.1) is 10.2 Å². The molecule has 3 rings (SSSR count). The monoisotopic (exact) mass is 261 g/mol. The van der Waals surface area contributed by atoms with Crippen molar-refractivity contribution in [3.8, 4) is 0 Å². The molecule has 102 valence electrons. The van der Waals surface area contributed by atoms with Gasteiger partial charge in [0.1, 0.15) is 0 Å². The van der Waals surface area contributed by atoms with E-state index in [2.05, 4.69) is 34.5 Å². The van der Waals surface area contributed by atoms with Crippen LogP contribution in [0.2, 0.25) is 0 Å². The Morgan fingerprint density at radius 1 is 1.42 bits per heavy atom. The van der Waals surface area contributed by atoms with E-state index in [1.165, 1.54) is 12.8 Å². The predicted molar refractivity (Wildman–Crippen MR) is 69.5 cm³/mol. The molecular weight excluding hydrogens is 242 g/mol. The smallest absolute Gasteiger partial charge is 0.230 e. The van der Waals surface area contributed by atoms with E-state index in [0.29, 0.717) is 18.4 Å². The van der Waals surface area contributed by atoms with Crippen LogP contribution in [0, 0.1) is 0 Å². The molecule has 0 aliphatic heterocycles. The maximum absolute atomic E-state index is 5.62. The van der Waals surface area contributed by atoms with Gasteiger partial charge >= 0.3 is 0 Å². The van der Waals surface area contributed by atoms with Crippen LogP contribution in [-0.4, -0.2) is 26.0 Å². The Bertz CT molecular complexity index is 517. The molecule has 1 fully saturated rings. The first-order chi connectivity index (χ1) is 9.24. The normalized spacial score (nSPS) is 18.4. The Morgan fingerprint density at radius 3 is 2.95 bits per heavy atom. The van der Waals surface area contributed by atoms with E-state index in [1.54, 1.807) is 6.20 Å². The van der Waals surface area contributed by atoms with Gasteiger partial charge in [-0.25, -0.2) is 0 Å². The second-order valence-electron chi connectivity index (χ2n) is 5.20. The van der Waals surface area contributed by atoms with Crippen molar-refractivity contribution in [1.29, 1.82) is 0 Å². The molecule has 6 nitrogen and oxygen atoms in total. The molecule has 1 saturated carbocycles. The fourth-order valence-electron chi connectivity index (χ4n) is 2.00. The molecule has 1 aliphatic rings. The first-order valence-corrected chi connectivity index (χ1v) is 6.79. The zero-order valence-corrected chi connectivity index (χ0v) is 11.3. The SMILES string of the molecule is C[C@H](NCc1nnc(C2CC2)o1)[C@H](C)n1cccn1. The summed E-state index contributed by atoms with van der Waals surface area (Å²) in [6.45, 7) is 4.87. The average Bonchev–Trinajstić information content (AvgIpc) is 2.96. The third-order valence-electron chi connectivity index (χ3n) is 3.65. The lowest BCUT2D eigenvalue weighted by Gasteiger charge is -2.20. The number of hydrogen-bond donors (Lipinski definition) is 1. The number of aromatic nitrogens is 4. The maximum Gasteiger partial charge on any atom is 0.230 e. The first kappa shape index (κ1) is 12.3. The molecule has 2 aromatic heterocycles. The Balaban J connectivity index is 1.53. The van der Waals surface area contributed by atoms with Gasteiger partial charge in [-0.3, -0.25) is 4.68 Å². The number of nitrogens with one attached hydrogen (secondary N) is 1. The van der Waals surface area contributed by atoms with Crippen LogP contribution in [0.1, 0.15) is 50.4 Å². The summed E-state index contributed by atoms with van der Waals surface area (Å²) in [5.41, 5.74) is 0. The van der Waals surface area contributed by atoms with Gasteiger partial charge < -0.3 is 9.73 Å². The third-order valence-corrected chi connectivity index (χ3v) is 3.65. The summed E-state index contributed by atoms with van der Waals surface area (Å²) in [5, 5.41) is 15.8. The summed E-state index contributed by atoms with van der Waals surface area (Å²) in [7, 11) is 0. The van der Waals surface area contributed by atoms with Crippen LogP contribution < -0.4 is 5.32 Å². The number of nitrogens with zero attached hydrogens (tertiary/aromatic N) is 4. The van der Waals surface area contributed by atoms with Crippen LogP contribution in [-0.2, 0) is 6.54 Å². The van der Waals surface area contributed by atoms with E-state index in [0.717, 1.165) is 5.89 Å². The van der Waals surface area contributed by atoms with Crippen molar-refractivity contribution < 1.29 is 4.42 Å². The zero-order chi connectivity index (χ0) is 13.2. The predicted octanol–water partition coefficient (Wildman–Crippen LogP) is 1.88. The van der Waals surface area contributed by atoms with Gasteiger partial charge in [-0.2, -0.15) is 5.10 Å². The lowest BCUT2D eigenvalue weighted by atomic mass is 10.2. The molecule has 0 radical (unpaired) electrons. The molecule has 2 heterocycles. The summed E-state index contributed by atoms with van der Waals surface area (Å²) < 4.78 is 7.57. The van der Waals surface area contributed by atoms with E-state index >= 15 is 0 Å². The maximum atomic E-state index is 5.62. The molecule has 1 N–H and O–H groups in total. The molecule has 19 heavy (non-hydrogen) atoms. The topological polar surface area (TPSA) is 68.8 Å². The van der Waals surface area contributed by atoms with E-state index in [4.69, 9.17) is 4.42 Å². The molecule has 2 aromatic rings. The summed E-state index contributed by atoms with van der Waals surface area (Å²) in [6.07, 6.45) is 6.13. The first-order valence-electron chi connectivity index (χ1n) is 6.79. The number of rotatable bonds is 6. The van der Waals surface area contributed by atoms with Crippen LogP contribution in [0.5, 0.6) is 0 Å². The van der Waals surface area contributed by atoms with Crippen LogP contribution >= 0.6 is 0 Å². The van der Waals surface area contributed by atoms with Gasteiger partial charge in [0.25, 0.3) is 0 Å².